The zero-order valence-electron chi connectivity index (χ0n) is 14.0. The van der Waals surface area contributed by atoms with Crippen LogP contribution in [0.25, 0.3) is 10.8 Å². The summed E-state index contributed by atoms with van der Waals surface area (Å²) >= 11 is 0. The Morgan fingerprint density at radius 2 is 1.29 bits per heavy atom. The highest BCUT2D eigenvalue weighted by atomic mass is 15.3. The lowest BCUT2D eigenvalue weighted by molar-refractivity contribution is -1.02. The molecule has 2 heterocycles. The van der Waals surface area contributed by atoms with Crippen molar-refractivity contribution in [2.45, 2.75) is 13.1 Å². The molecule has 1 aliphatic rings. The summed E-state index contributed by atoms with van der Waals surface area (Å²) in [5, 5.41) is 2.69. The number of nitrogens with one attached hydrogen (secondary N) is 2. The monoisotopic (exact) mass is 319 g/mol. The summed E-state index contributed by atoms with van der Waals surface area (Å²) in [5.41, 5.74) is 2.86. The van der Waals surface area contributed by atoms with Crippen LogP contribution in [0.1, 0.15) is 11.1 Å². The van der Waals surface area contributed by atoms with Crippen LogP contribution in [0.3, 0.4) is 0 Å². The molecule has 3 nitrogen and oxygen atoms in total. The van der Waals surface area contributed by atoms with Crippen LogP contribution in [0.2, 0.25) is 0 Å². The van der Waals surface area contributed by atoms with Gasteiger partial charge in [0.1, 0.15) is 39.3 Å². The van der Waals surface area contributed by atoms with Gasteiger partial charge in [-0.3, -0.25) is 4.98 Å². The quantitative estimate of drug-likeness (QED) is 0.727. The molecule has 1 aromatic heterocycles. The number of nitrogens with zero attached hydrogens (tertiary/aromatic N) is 1. The molecule has 0 spiro atoms. The Morgan fingerprint density at radius 1 is 0.667 bits per heavy atom. The molecule has 122 valence electrons. The first-order valence-electron chi connectivity index (χ1n) is 8.90. The smallest absolute Gasteiger partial charge is 0.127 e. The molecule has 0 bridgehead atoms. The Kier molecular flexibility index (Phi) is 4.54. The van der Waals surface area contributed by atoms with Crippen molar-refractivity contribution >= 4 is 10.8 Å². The van der Waals surface area contributed by atoms with Crippen molar-refractivity contribution in [1.29, 1.82) is 0 Å². The van der Waals surface area contributed by atoms with Crippen LogP contribution < -0.4 is 9.80 Å². The number of rotatable bonds is 4. The Labute approximate surface area is 143 Å². The number of piperazine rings is 1. The van der Waals surface area contributed by atoms with Crippen LogP contribution in [-0.4, -0.2) is 31.2 Å². The molecule has 1 aliphatic heterocycles. The first-order chi connectivity index (χ1) is 11.9. The second-order valence-electron chi connectivity index (χ2n) is 6.89. The van der Waals surface area contributed by atoms with Gasteiger partial charge in [0.05, 0.1) is 0 Å². The Balaban J connectivity index is 1.34. The van der Waals surface area contributed by atoms with Crippen molar-refractivity contribution in [2.24, 2.45) is 0 Å². The van der Waals surface area contributed by atoms with Crippen LogP contribution >= 0.6 is 0 Å². The number of pyridine rings is 1. The van der Waals surface area contributed by atoms with E-state index in [9.17, 15) is 0 Å². The lowest BCUT2D eigenvalue weighted by atomic mass is 10.1. The molecule has 0 radical (unpaired) electrons. The average Bonchev–Trinajstić information content (AvgIpc) is 2.64. The zero-order valence-corrected chi connectivity index (χ0v) is 14.0. The van der Waals surface area contributed by atoms with Gasteiger partial charge in [0.2, 0.25) is 0 Å². The maximum absolute atomic E-state index is 4.11. The molecule has 0 unspecified atom stereocenters. The molecular weight excluding hydrogens is 294 g/mol. The van der Waals surface area contributed by atoms with Crippen LogP contribution in [0, 0.1) is 0 Å². The van der Waals surface area contributed by atoms with Gasteiger partial charge in [-0.05, 0) is 29.0 Å². The molecule has 3 heteroatoms. The van der Waals surface area contributed by atoms with Gasteiger partial charge in [-0.1, -0.05) is 36.4 Å². The Bertz CT molecular complexity index is 792. The van der Waals surface area contributed by atoms with Gasteiger partial charge in [-0.2, -0.15) is 0 Å². The van der Waals surface area contributed by atoms with E-state index in [1.54, 1.807) is 9.80 Å². The van der Waals surface area contributed by atoms with E-state index in [1.165, 1.54) is 48.1 Å². The van der Waals surface area contributed by atoms with Crippen molar-refractivity contribution in [3.05, 3.63) is 78.1 Å². The third-order valence-electron chi connectivity index (χ3n) is 5.14. The minimum Gasteiger partial charge on any atom is -0.322 e. The fraction of sp³-hybridized carbons (Fsp3) is 0.286. The van der Waals surface area contributed by atoms with Crippen molar-refractivity contribution in [3.63, 3.8) is 0 Å². The summed E-state index contributed by atoms with van der Waals surface area (Å²) in [4.78, 5) is 7.52. The topological polar surface area (TPSA) is 21.8 Å². The fourth-order valence-corrected chi connectivity index (χ4v) is 3.74. The van der Waals surface area contributed by atoms with Crippen molar-refractivity contribution in [1.82, 2.24) is 4.98 Å². The lowest BCUT2D eigenvalue weighted by Crippen LogP contribution is -3.27. The van der Waals surface area contributed by atoms with Crippen LogP contribution in [0.15, 0.2) is 67.0 Å². The van der Waals surface area contributed by atoms with Crippen molar-refractivity contribution < 1.29 is 9.80 Å². The van der Waals surface area contributed by atoms with Crippen LogP contribution in [0.5, 0.6) is 0 Å². The summed E-state index contributed by atoms with van der Waals surface area (Å²) < 4.78 is 0. The van der Waals surface area contributed by atoms with Gasteiger partial charge in [0.25, 0.3) is 0 Å². The van der Waals surface area contributed by atoms with Gasteiger partial charge < -0.3 is 9.80 Å². The van der Waals surface area contributed by atoms with Gasteiger partial charge in [0.15, 0.2) is 0 Å². The van der Waals surface area contributed by atoms with E-state index in [4.69, 9.17) is 0 Å². The largest absolute Gasteiger partial charge is 0.322 e. The highest BCUT2D eigenvalue weighted by Gasteiger charge is 2.23. The molecule has 1 fully saturated rings. The molecule has 24 heavy (non-hydrogen) atoms. The minimum atomic E-state index is 1.13. The third-order valence-corrected chi connectivity index (χ3v) is 5.14. The second-order valence-corrected chi connectivity index (χ2v) is 6.89. The van der Waals surface area contributed by atoms with Gasteiger partial charge >= 0.3 is 0 Å². The van der Waals surface area contributed by atoms with Gasteiger partial charge in [-0.25, -0.2) is 0 Å². The lowest BCUT2D eigenvalue weighted by Gasteiger charge is -2.29. The van der Waals surface area contributed by atoms with E-state index in [-0.39, 0.29) is 0 Å². The minimum absolute atomic E-state index is 1.13. The van der Waals surface area contributed by atoms with E-state index >= 15 is 0 Å². The molecule has 0 saturated carbocycles. The SMILES string of the molecule is c1ccc2cc(C[NH+]3CC[NH+](Cc4ccncc4)CC3)ccc2c1. The highest BCUT2D eigenvalue weighted by molar-refractivity contribution is 5.82. The highest BCUT2D eigenvalue weighted by Crippen LogP contribution is 2.14. The number of hydrogen-bond donors (Lipinski definition) is 2. The van der Waals surface area contributed by atoms with E-state index in [0.29, 0.717) is 0 Å². The van der Waals surface area contributed by atoms with E-state index in [1.807, 2.05) is 12.4 Å². The summed E-state index contributed by atoms with van der Waals surface area (Å²) in [6.07, 6.45) is 3.80. The average molecular weight is 319 g/mol. The molecule has 2 N–H and O–H groups in total. The maximum atomic E-state index is 4.11. The molecular formula is C21H25N3+2. The number of benzene rings is 2. The third kappa shape index (κ3) is 3.64. The molecule has 1 saturated heterocycles. The number of quaternary nitrogens is 2. The molecule has 2 aromatic carbocycles. The van der Waals surface area contributed by atoms with Gasteiger partial charge in [-0.15, -0.1) is 0 Å². The second kappa shape index (κ2) is 7.12. The van der Waals surface area contributed by atoms with Gasteiger partial charge in [0, 0.05) is 23.5 Å². The summed E-state index contributed by atoms with van der Waals surface area (Å²) in [6.45, 7) is 7.30. The summed E-state index contributed by atoms with van der Waals surface area (Å²) in [5.74, 6) is 0. The first-order valence-corrected chi connectivity index (χ1v) is 8.90. The number of aromatic nitrogens is 1. The van der Waals surface area contributed by atoms with E-state index in [2.05, 4.69) is 59.6 Å². The number of fused-ring (bicyclic) bond motifs is 1. The zero-order chi connectivity index (χ0) is 16.2. The van der Waals surface area contributed by atoms with Crippen LogP contribution in [-0.2, 0) is 13.1 Å². The summed E-state index contributed by atoms with van der Waals surface area (Å²) in [7, 11) is 0. The molecule has 0 aliphatic carbocycles. The Hall–Kier alpha value is -2.23. The fourth-order valence-electron chi connectivity index (χ4n) is 3.74. The van der Waals surface area contributed by atoms with E-state index in [0.717, 1.165) is 13.1 Å². The molecule has 4 rings (SSSR count). The normalized spacial score (nSPS) is 21.0. The number of hydrogen-bond acceptors (Lipinski definition) is 1. The maximum Gasteiger partial charge on any atom is 0.127 e. The molecule has 0 atom stereocenters. The van der Waals surface area contributed by atoms with Crippen molar-refractivity contribution in [2.75, 3.05) is 26.2 Å². The summed E-state index contributed by atoms with van der Waals surface area (Å²) in [6, 6.07) is 19.8. The predicted molar refractivity (Wildman–Crippen MR) is 97.0 cm³/mol. The van der Waals surface area contributed by atoms with Crippen molar-refractivity contribution in [3.8, 4) is 0 Å². The first kappa shape index (κ1) is 15.3. The molecule has 0 amide bonds. The predicted octanol–water partition coefficient (Wildman–Crippen LogP) is 0.718. The van der Waals surface area contributed by atoms with Crippen LogP contribution in [0.4, 0.5) is 0 Å². The standard InChI is InChI=1S/C21H23N3/c1-2-4-21-15-19(5-6-20(21)3-1)17-24-13-11-23(12-14-24)16-18-7-9-22-10-8-18/h1-10,15H,11-14,16-17H2/p+2. The molecule has 3 aromatic rings. The Morgan fingerprint density at radius 3 is 2.00 bits per heavy atom. The van der Waals surface area contributed by atoms with E-state index < -0.39 is 0 Å².